The SMILES string of the molecule is O=C1CN(CCCC(=O)N2CCCC2)C(=O)N1.OC(c1ccccc1)c1ccccc1. The molecule has 31 heavy (non-hydrogen) atoms. The third-order valence-corrected chi connectivity index (χ3v) is 5.38. The quantitative estimate of drug-likeness (QED) is 0.699. The van der Waals surface area contributed by atoms with Crippen molar-refractivity contribution in [2.45, 2.75) is 31.8 Å². The molecule has 2 aromatic carbocycles. The van der Waals surface area contributed by atoms with Crippen molar-refractivity contribution in [1.82, 2.24) is 15.1 Å². The molecule has 2 heterocycles. The fraction of sp³-hybridized carbons (Fsp3) is 0.375. The van der Waals surface area contributed by atoms with Crippen molar-refractivity contribution >= 4 is 17.8 Å². The first-order valence-corrected chi connectivity index (χ1v) is 10.7. The van der Waals surface area contributed by atoms with Gasteiger partial charge in [0.2, 0.25) is 11.8 Å². The van der Waals surface area contributed by atoms with Crippen LogP contribution in [0.1, 0.15) is 42.9 Å². The lowest BCUT2D eigenvalue weighted by Crippen LogP contribution is -2.31. The molecule has 0 saturated carbocycles. The molecule has 0 aromatic heterocycles. The summed E-state index contributed by atoms with van der Waals surface area (Å²) in [6, 6.07) is 19.0. The number of imide groups is 1. The molecule has 2 fully saturated rings. The predicted octanol–water partition coefficient (Wildman–Crippen LogP) is 2.71. The van der Waals surface area contributed by atoms with Gasteiger partial charge in [0.05, 0.1) is 0 Å². The zero-order valence-corrected chi connectivity index (χ0v) is 17.6. The molecule has 0 bridgehead atoms. The highest BCUT2D eigenvalue weighted by atomic mass is 16.3. The van der Waals surface area contributed by atoms with Crippen LogP contribution in [0.4, 0.5) is 4.79 Å². The van der Waals surface area contributed by atoms with E-state index in [-0.39, 0.29) is 24.4 Å². The minimum atomic E-state index is -0.516. The van der Waals surface area contributed by atoms with Gasteiger partial charge in [-0.3, -0.25) is 14.9 Å². The Morgan fingerprint density at radius 1 is 0.935 bits per heavy atom. The topological polar surface area (TPSA) is 90.0 Å². The molecule has 2 N–H and O–H groups in total. The molecule has 2 aromatic rings. The van der Waals surface area contributed by atoms with Gasteiger partial charge in [0.25, 0.3) is 0 Å². The van der Waals surface area contributed by atoms with Crippen LogP contribution in [0.3, 0.4) is 0 Å². The maximum absolute atomic E-state index is 11.7. The van der Waals surface area contributed by atoms with Crippen molar-refractivity contribution in [3.05, 3.63) is 71.8 Å². The van der Waals surface area contributed by atoms with Crippen LogP contribution >= 0.6 is 0 Å². The van der Waals surface area contributed by atoms with Gasteiger partial charge in [-0.2, -0.15) is 0 Å². The van der Waals surface area contributed by atoms with E-state index < -0.39 is 6.10 Å². The summed E-state index contributed by atoms with van der Waals surface area (Å²) in [5.41, 5.74) is 1.86. The molecular weight excluding hydrogens is 394 g/mol. The standard InChI is InChI=1S/C13H12O.C11H17N3O3/c14-13(11-7-3-1-4-8-11)12-9-5-2-6-10-12;15-9-8-14(11(17)12-9)7-3-4-10(16)13-5-1-2-6-13/h1-10,13-14H;1-8H2,(H,12,15,17). The third-order valence-electron chi connectivity index (χ3n) is 5.38. The van der Waals surface area contributed by atoms with E-state index in [9.17, 15) is 19.5 Å². The van der Waals surface area contributed by atoms with Crippen LogP contribution in [0, 0.1) is 0 Å². The van der Waals surface area contributed by atoms with Gasteiger partial charge >= 0.3 is 6.03 Å². The summed E-state index contributed by atoms with van der Waals surface area (Å²) in [5.74, 6) is -0.102. The number of hydrogen-bond acceptors (Lipinski definition) is 4. The highest BCUT2D eigenvalue weighted by Gasteiger charge is 2.26. The number of hydrogen-bond donors (Lipinski definition) is 2. The molecule has 0 unspecified atom stereocenters. The van der Waals surface area contributed by atoms with E-state index in [0.717, 1.165) is 37.1 Å². The van der Waals surface area contributed by atoms with E-state index in [2.05, 4.69) is 5.32 Å². The average Bonchev–Trinajstić information content (AvgIpc) is 3.45. The molecule has 7 heteroatoms. The number of carbonyl (C=O) groups excluding carboxylic acids is 3. The van der Waals surface area contributed by atoms with Crippen molar-refractivity contribution in [2.24, 2.45) is 0 Å². The number of benzene rings is 2. The van der Waals surface area contributed by atoms with Crippen molar-refractivity contribution in [1.29, 1.82) is 0 Å². The molecule has 0 spiro atoms. The van der Waals surface area contributed by atoms with Gasteiger partial charge in [-0.15, -0.1) is 0 Å². The zero-order chi connectivity index (χ0) is 22.1. The number of nitrogens with zero attached hydrogens (tertiary/aromatic N) is 2. The van der Waals surface area contributed by atoms with Crippen molar-refractivity contribution in [2.75, 3.05) is 26.2 Å². The normalized spacial score (nSPS) is 15.7. The summed E-state index contributed by atoms with van der Waals surface area (Å²) in [5, 5.41) is 12.2. The van der Waals surface area contributed by atoms with Gasteiger partial charge < -0.3 is 14.9 Å². The van der Waals surface area contributed by atoms with Gasteiger partial charge in [0.15, 0.2) is 0 Å². The van der Waals surface area contributed by atoms with E-state index in [0.29, 0.717) is 19.4 Å². The number of aliphatic hydroxyl groups is 1. The molecule has 164 valence electrons. The predicted molar refractivity (Wildman–Crippen MR) is 117 cm³/mol. The highest BCUT2D eigenvalue weighted by molar-refractivity contribution is 6.01. The molecular formula is C24H29N3O4. The van der Waals surface area contributed by atoms with Crippen LogP contribution in [0.5, 0.6) is 0 Å². The molecule has 0 radical (unpaired) electrons. The number of likely N-dealkylation sites (tertiary alicyclic amines) is 1. The Balaban J connectivity index is 0.000000179. The molecule has 0 aliphatic carbocycles. The number of carbonyl (C=O) groups is 3. The van der Waals surface area contributed by atoms with Gasteiger partial charge in [0.1, 0.15) is 12.6 Å². The lowest BCUT2D eigenvalue weighted by atomic mass is 10.0. The van der Waals surface area contributed by atoms with Gasteiger partial charge in [-0.1, -0.05) is 60.7 Å². The second-order valence-electron chi connectivity index (χ2n) is 7.69. The fourth-order valence-electron chi connectivity index (χ4n) is 3.67. The largest absolute Gasteiger partial charge is 0.384 e. The summed E-state index contributed by atoms with van der Waals surface area (Å²) in [7, 11) is 0. The maximum Gasteiger partial charge on any atom is 0.324 e. The fourth-order valence-corrected chi connectivity index (χ4v) is 3.67. The van der Waals surface area contributed by atoms with E-state index in [1.807, 2.05) is 65.6 Å². The number of urea groups is 1. The summed E-state index contributed by atoms with van der Waals surface area (Å²) in [6.07, 6.45) is 2.75. The summed E-state index contributed by atoms with van der Waals surface area (Å²) in [4.78, 5) is 37.2. The zero-order valence-electron chi connectivity index (χ0n) is 17.6. The second-order valence-corrected chi connectivity index (χ2v) is 7.69. The Bertz CT molecular complexity index is 827. The van der Waals surface area contributed by atoms with E-state index in [1.165, 1.54) is 4.90 Å². The van der Waals surface area contributed by atoms with Crippen LogP contribution in [-0.4, -0.2) is 58.9 Å². The minimum Gasteiger partial charge on any atom is -0.384 e. The van der Waals surface area contributed by atoms with Crippen molar-refractivity contribution in [3.63, 3.8) is 0 Å². The molecule has 2 saturated heterocycles. The first-order valence-electron chi connectivity index (χ1n) is 10.7. The van der Waals surface area contributed by atoms with Crippen LogP contribution in [0.15, 0.2) is 60.7 Å². The first kappa shape index (κ1) is 22.5. The smallest absolute Gasteiger partial charge is 0.324 e. The highest BCUT2D eigenvalue weighted by Crippen LogP contribution is 2.20. The lowest BCUT2D eigenvalue weighted by molar-refractivity contribution is -0.130. The van der Waals surface area contributed by atoms with Crippen LogP contribution in [-0.2, 0) is 9.59 Å². The molecule has 0 atom stereocenters. The number of aliphatic hydroxyl groups excluding tert-OH is 1. The number of amides is 4. The number of nitrogens with one attached hydrogen (secondary N) is 1. The van der Waals surface area contributed by atoms with E-state index >= 15 is 0 Å². The van der Waals surface area contributed by atoms with Crippen LogP contribution in [0.25, 0.3) is 0 Å². The first-order chi connectivity index (χ1) is 15.0. The van der Waals surface area contributed by atoms with E-state index in [1.54, 1.807) is 0 Å². The van der Waals surface area contributed by atoms with E-state index in [4.69, 9.17) is 0 Å². The minimum absolute atomic E-state index is 0.122. The van der Waals surface area contributed by atoms with Gasteiger partial charge in [-0.25, -0.2) is 4.79 Å². The Hall–Kier alpha value is -3.19. The van der Waals surface area contributed by atoms with Crippen molar-refractivity contribution in [3.8, 4) is 0 Å². The Labute approximate surface area is 182 Å². The van der Waals surface area contributed by atoms with Crippen LogP contribution < -0.4 is 5.32 Å². The summed E-state index contributed by atoms with van der Waals surface area (Å²) < 4.78 is 0. The molecule has 4 rings (SSSR count). The molecule has 2 aliphatic heterocycles. The molecule has 7 nitrogen and oxygen atoms in total. The van der Waals surface area contributed by atoms with Gasteiger partial charge in [0, 0.05) is 26.1 Å². The molecule has 4 amide bonds. The average molecular weight is 424 g/mol. The maximum atomic E-state index is 11.7. The summed E-state index contributed by atoms with van der Waals surface area (Å²) >= 11 is 0. The Morgan fingerprint density at radius 3 is 1.97 bits per heavy atom. The molecule has 2 aliphatic rings. The van der Waals surface area contributed by atoms with Gasteiger partial charge in [-0.05, 0) is 30.4 Å². The number of rotatable bonds is 6. The Kier molecular flexibility index (Phi) is 8.18. The van der Waals surface area contributed by atoms with Crippen molar-refractivity contribution < 1.29 is 19.5 Å². The monoisotopic (exact) mass is 423 g/mol. The van der Waals surface area contributed by atoms with Crippen LogP contribution in [0.2, 0.25) is 0 Å². The lowest BCUT2D eigenvalue weighted by Gasteiger charge is -2.16. The third kappa shape index (κ3) is 6.65. The summed E-state index contributed by atoms with van der Waals surface area (Å²) in [6.45, 7) is 2.32. The second kappa shape index (κ2) is 11.3. The Morgan fingerprint density at radius 2 is 1.48 bits per heavy atom.